The molecule has 5 rings (SSSR count). The summed E-state index contributed by atoms with van der Waals surface area (Å²) in [7, 11) is 1.63. The molecular weight excluding hydrogens is 414 g/mol. The number of fused-ring (bicyclic) bond motifs is 1. The number of carbonyl (C=O) groups excluding carboxylic acids is 1. The molecule has 33 heavy (non-hydrogen) atoms. The predicted molar refractivity (Wildman–Crippen MR) is 129 cm³/mol. The van der Waals surface area contributed by atoms with Gasteiger partial charge in [0.2, 0.25) is 5.91 Å². The summed E-state index contributed by atoms with van der Waals surface area (Å²) in [4.78, 5) is 19.8. The molecule has 0 aliphatic carbocycles. The average molecular weight is 442 g/mol. The van der Waals surface area contributed by atoms with Gasteiger partial charge in [-0.2, -0.15) is 0 Å². The summed E-state index contributed by atoms with van der Waals surface area (Å²) in [6.07, 6.45) is 0.417. The summed E-state index contributed by atoms with van der Waals surface area (Å²) >= 11 is 0. The second-order valence-electron chi connectivity index (χ2n) is 8.30. The number of rotatable bonds is 7. The van der Waals surface area contributed by atoms with Crippen LogP contribution in [0.25, 0.3) is 11.0 Å². The van der Waals surface area contributed by atoms with E-state index < -0.39 is 0 Å². The van der Waals surface area contributed by atoms with Crippen LogP contribution in [0, 0.1) is 6.92 Å². The Bertz CT molecular complexity index is 1300. The van der Waals surface area contributed by atoms with Crippen molar-refractivity contribution >= 4 is 22.6 Å². The SMILES string of the molecule is COc1ccccc1N1C[C@H](c2nc3ccccc3n2CCOc2ccccc2C)CC1=O. The Morgan fingerprint density at radius 3 is 2.52 bits per heavy atom. The van der Waals surface area contributed by atoms with Crippen molar-refractivity contribution < 1.29 is 14.3 Å². The topological polar surface area (TPSA) is 56.6 Å². The van der Waals surface area contributed by atoms with Crippen LogP contribution in [0.3, 0.4) is 0 Å². The maximum absolute atomic E-state index is 13.0. The van der Waals surface area contributed by atoms with E-state index in [4.69, 9.17) is 14.5 Å². The first-order valence-corrected chi connectivity index (χ1v) is 11.2. The van der Waals surface area contributed by atoms with Crippen LogP contribution in [0.2, 0.25) is 0 Å². The molecule has 1 saturated heterocycles. The minimum absolute atomic E-state index is 0.00623. The van der Waals surface area contributed by atoms with E-state index in [2.05, 4.69) is 10.6 Å². The first kappa shape index (κ1) is 21.1. The number of hydrogen-bond acceptors (Lipinski definition) is 4. The van der Waals surface area contributed by atoms with E-state index in [0.717, 1.165) is 33.9 Å². The van der Waals surface area contributed by atoms with Crippen LogP contribution in [0.1, 0.15) is 23.7 Å². The van der Waals surface area contributed by atoms with Gasteiger partial charge in [0.1, 0.15) is 23.9 Å². The molecule has 1 fully saturated rings. The number of nitrogens with zero attached hydrogens (tertiary/aromatic N) is 3. The van der Waals surface area contributed by atoms with Gasteiger partial charge in [0.05, 0.1) is 30.4 Å². The summed E-state index contributed by atoms with van der Waals surface area (Å²) in [5, 5.41) is 0. The molecule has 2 heterocycles. The highest BCUT2D eigenvalue weighted by Crippen LogP contribution is 2.37. The van der Waals surface area contributed by atoms with Crippen molar-refractivity contribution in [3.63, 3.8) is 0 Å². The number of carbonyl (C=O) groups is 1. The molecule has 1 aliphatic heterocycles. The van der Waals surface area contributed by atoms with E-state index in [-0.39, 0.29) is 11.8 Å². The maximum Gasteiger partial charge on any atom is 0.227 e. The van der Waals surface area contributed by atoms with E-state index in [1.165, 1.54) is 0 Å². The number of imidazole rings is 1. The van der Waals surface area contributed by atoms with Gasteiger partial charge in [-0.25, -0.2) is 4.98 Å². The van der Waals surface area contributed by atoms with Crippen molar-refractivity contribution in [1.82, 2.24) is 9.55 Å². The first-order chi connectivity index (χ1) is 16.2. The van der Waals surface area contributed by atoms with Crippen molar-refractivity contribution in [2.75, 3.05) is 25.2 Å². The fourth-order valence-electron chi connectivity index (χ4n) is 4.57. The number of para-hydroxylation sites is 5. The summed E-state index contributed by atoms with van der Waals surface area (Å²) in [6, 6.07) is 23.8. The van der Waals surface area contributed by atoms with Gasteiger partial charge in [0, 0.05) is 18.9 Å². The number of methoxy groups -OCH3 is 1. The molecule has 0 radical (unpaired) electrons. The minimum atomic E-state index is -0.00623. The molecule has 1 aromatic heterocycles. The molecule has 0 unspecified atom stereocenters. The van der Waals surface area contributed by atoms with Crippen LogP contribution in [0.15, 0.2) is 72.8 Å². The zero-order valence-corrected chi connectivity index (χ0v) is 18.9. The van der Waals surface area contributed by atoms with Gasteiger partial charge in [-0.15, -0.1) is 0 Å². The summed E-state index contributed by atoms with van der Waals surface area (Å²) in [6.45, 7) is 3.80. The quantitative estimate of drug-likeness (QED) is 0.407. The molecule has 168 valence electrons. The lowest BCUT2D eigenvalue weighted by Gasteiger charge is -2.20. The van der Waals surface area contributed by atoms with Crippen LogP contribution in [0.5, 0.6) is 11.5 Å². The molecule has 4 aromatic rings. The van der Waals surface area contributed by atoms with Crippen LogP contribution < -0.4 is 14.4 Å². The van der Waals surface area contributed by atoms with Crippen LogP contribution in [-0.4, -0.2) is 35.7 Å². The molecule has 0 saturated carbocycles. The lowest BCUT2D eigenvalue weighted by Crippen LogP contribution is -2.25. The van der Waals surface area contributed by atoms with E-state index >= 15 is 0 Å². The molecule has 1 aliphatic rings. The predicted octanol–water partition coefficient (Wildman–Crippen LogP) is 4.95. The Hall–Kier alpha value is -3.80. The van der Waals surface area contributed by atoms with Gasteiger partial charge in [0.15, 0.2) is 0 Å². The molecule has 0 spiro atoms. The maximum atomic E-state index is 13.0. The highest BCUT2D eigenvalue weighted by molar-refractivity contribution is 5.97. The van der Waals surface area contributed by atoms with Crippen molar-refractivity contribution in [3.05, 3.63) is 84.2 Å². The fraction of sp³-hybridized carbons (Fsp3) is 0.259. The molecule has 6 heteroatoms. The van der Waals surface area contributed by atoms with E-state index in [9.17, 15) is 4.79 Å². The summed E-state index contributed by atoms with van der Waals surface area (Å²) in [5.74, 6) is 2.59. The Morgan fingerprint density at radius 2 is 1.70 bits per heavy atom. The smallest absolute Gasteiger partial charge is 0.227 e. The number of amides is 1. The van der Waals surface area contributed by atoms with Gasteiger partial charge in [-0.3, -0.25) is 4.79 Å². The van der Waals surface area contributed by atoms with Gasteiger partial charge in [-0.05, 0) is 42.8 Å². The van der Waals surface area contributed by atoms with Gasteiger partial charge < -0.3 is 18.9 Å². The third-order valence-corrected chi connectivity index (χ3v) is 6.22. The van der Waals surface area contributed by atoms with E-state index in [1.807, 2.05) is 78.6 Å². The lowest BCUT2D eigenvalue weighted by atomic mass is 10.1. The normalized spacial score (nSPS) is 15.9. The van der Waals surface area contributed by atoms with E-state index in [0.29, 0.717) is 31.9 Å². The highest BCUT2D eigenvalue weighted by atomic mass is 16.5. The number of benzene rings is 3. The molecule has 6 nitrogen and oxygen atoms in total. The molecule has 3 aromatic carbocycles. The summed E-state index contributed by atoms with van der Waals surface area (Å²) in [5.41, 5.74) is 3.91. The Morgan fingerprint density at radius 1 is 0.970 bits per heavy atom. The molecule has 0 bridgehead atoms. The number of ether oxygens (including phenoxy) is 2. The Balaban J connectivity index is 1.42. The summed E-state index contributed by atoms with van der Waals surface area (Å²) < 4.78 is 13.8. The van der Waals surface area contributed by atoms with Gasteiger partial charge >= 0.3 is 0 Å². The van der Waals surface area contributed by atoms with Crippen LogP contribution >= 0.6 is 0 Å². The second kappa shape index (κ2) is 8.98. The minimum Gasteiger partial charge on any atom is -0.495 e. The van der Waals surface area contributed by atoms with Gasteiger partial charge in [-0.1, -0.05) is 42.5 Å². The number of anilines is 1. The first-order valence-electron chi connectivity index (χ1n) is 11.2. The van der Waals surface area contributed by atoms with Crippen molar-refractivity contribution in [1.29, 1.82) is 0 Å². The molecule has 1 atom stereocenters. The number of aryl methyl sites for hydroxylation is 1. The monoisotopic (exact) mass is 441 g/mol. The number of aromatic nitrogens is 2. The van der Waals surface area contributed by atoms with Crippen LogP contribution in [-0.2, 0) is 11.3 Å². The highest BCUT2D eigenvalue weighted by Gasteiger charge is 2.35. The third-order valence-electron chi connectivity index (χ3n) is 6.22. The van der Waals surface area contributed by atoms with Crippen molar-refractivity contribution in [2.45, 2.75) is 25.8 Å². The Labute approximate surface area is 193 Å². The molecular formula is C27H27N3O3. The van der Waals surface area contributed by atoms with Crippen molar-refractivity contribution in [3.8, 4) is 11.5 Å². The molecule has 0 N–H and O–H groups in total. The average Bonchev–Trinajstić information content (AvgIpc) is 3.41. The zero-order chi connectivity index (χ0) is 22.8. The van der Waals surface area contributed by atoms with Crippen LogP contribution in [0.4, 0.5) is 5.69 Å². The standard InChI is InChI=1S/C27H27N3O3/c1-19-9-3-7-13-24(19)33-16-15-29-22-11-5-4-10-21(22)28-27(29)20-17-26(31)30(18-20)23-12-6-8-14-25(23)32-2/h3-14,20H,15-18H2,1-2H3/t20-/m1/s1. The largest absolute Gasteiger partial charge is 0.495 e. The van der Waals surface area contributed by atoms with E-state index in [1.54, 1.807) is 7.11 Å². The second-order valence-corrected chi connectivity index (χ2v) is 8.30. The molecule has 1 amide bonds. The number of hydrogen-bond donors (Lipinski definition) is 0. The zero-order valence-electron chi connectivity index (χ0n) is 18.9. The Kier molecular flexibility index (Phi) is 5.73. The lowest BCUT2D eigenvalue weighted by molar-refractivity contribution is -0.117. The fourth-order valence-corrected chi connectivity index (χ4v) is 4.57. The van der Waals surface area contributed by atoms with Gasteiger partial charge in [0.25, 0.3) is 0 Å². The third kappa shape index (κ3) is 4.04. The van der Waals surface area contributed by atoms with Crippen molar-refractivity contribution in [2.24, 2.45) is 0 Å².